The number of thioether (sulfide) groups is 1. The summed E-state index contributed by atoms with van der Waals surface area (Å²) in [6.07, 6.45) is 1.38. The first-order chi connectivity index (χ1) is 11.2. The number of benzene rings is 1. The summed E-state index contributed by atoms with van der Waals surface area (Å²) in [6.45, 7) is 4.71. The molecule has 126 valence electrons. The molecule has 6 heteroatoms. The highest BCUT2D eigenvalue weighted by Gasteiger charge is 2.16. The molecule has 0 saturated carbocycles. The van der Waals surface area contributed by atoms with Gasteiger partial charge in [0.25, 0.3) is 0 Å². The Hall–Kier alpha value is -1.69. The Morgan fingerprint density at radius 3 is 2.52 bits per heavy atom. The molecule has 0 aromatic heterocycles. The quantitative estimate of drug-likeness (QED) is 0.797. The van der Waals surface area contributed by atoms with Gasteiger partial charge in [-0.25, -0.2) is 0 Å². The molecule has 0 radical (unpaired) electrons. The zero-order valence-electron chi connectivity index (χ0n) is 13.6. The molecule has 0 unspecified atom stereocenters. The van der Waals surface area contributed by atoms with Crippen molar-refractivity contribution in [3.05, 3.63) is 29.8 Å². The third kappa shape index (κ3) is 6.14. The molecule has 0 aliphatic carbocycles. The number of nitrogens with zero attached hydrogens (tertiary/aromatic N) is 1. The third-order valence-corrected chi connectivity index (χ3v) is 4.64. The molecule has 1 aliphatic heterocycles. The average Bonchev–Trinajstić information content (AvgIpc) is 2.60. The summed E-state index contributed by atoms with van der Waals surface area (Å²) < 4.78 is 0. The predicted molar refractivity (Wildman–Crippen MR) is 95.8 cm³/mol. The van der Waals surface area contributed by atoms with Crippen LogP contribution in [0.3, 0.4) is 0 Å². The molecule has 1 fully saturated rings. The van der Waals surface area contributed by atoms with E-state index in [2.05, 4.69) is 10.6 Å². The molecule has 0 bridgehead atoms. The lowest BCUT2D eigenvalue weighted by Gasteiger charge is -2.26. The topological polar surface area (TPSA) is 61.4 Å². The van der Waals surface area contributed by atoms with Crippen LogP contribution in [0.15, 0.2) is 24.3 Å². The molecule has 1 aliphatic rings. The van der Waals surface area contributed by atoms with E-state index in [4.69, 9.17) is 0 Å². The Labute approximate surface area is 142 Å². The van der Waals surface area contributed by atoms with Crippen LogP contribution in [0.4, 0.5) is 5.69 Å². The van der Waals surface area contributed by atoms with Gasteiger partial charge in [-0.05, 0) is 24.1 Å². The summed E-state index contributed by atoms with van der Waals surface area (Å²) in [5, 5.41) is 5.91. The van der Waals surface area contributed by atoms with Gasteiger partial charge in [0.2, 0.25) is 11.8 Å². The fraction of sp³-hybridized carbons (Fsp3) is 0.529. The summed E-state index contributed by atoms with van der Waals surface area (Å²) in [4.78, 5) is 25.7. The van der Waals surface area contributed by atoms with E-state index in [9.17, 15) is 9.59 Å². The first-order valence-electron chi connectivity index (χ1n) is 8.14. The lowest BCUT2D eigenvalue weighted by atomic mass is 10.1. The van der Waals surface area contributed by atoms with Crippen LogP contribution in [-0.4, -0.2) is 54.4 Å². The minimum Gasteiger partial charge on any atom is -0.376 e. The van der Waals surface area contributed by atoms with E-state index in [1.165, 1.54) is 0 Å². The van der Waals surface area contributed by atoms with Crippen molar-refractivity contribution in [3.8, 4) is 0 Å². The van der Waals surface area contributed by atoms with Crippen LogP contribution in [0.1, 0.15) is 18.9 Å². The summed E-state index contributed by atoms with van der Waals surface area (Å²) in [5.74, 6) is 2.27. The molecule has 2 N–H and O–H groups in total. The fourth-order valence-corrected chi connectivity index (χ4v) is 3.25. The van der Waals surface area contributed by atoms with Gasteiger partial charge in [0.1, 0.15) is 0 Å². The van der Waals surface area contributed by atoms with E-state index < -0.39 is 0 Å². The Morgan fingerprint density at radius 2 is 1.87 bits per heavy atom. The molecule has 0 spiro atoms. The van der Waals surface area contributed by atoms with E-state index in [0.717, 1.165) is 42.3 Å². The van der Waals surface area contributed by atoms with Gasteiger partial charge in [-0.1, -0.05) is 19.1 Å². The highest BCUT2D eigenvalue weighted by atomic mass is 32.2. The minimum atomic E-state index is -0.00549. The number of rotatable bonds is 7. The zero-order chi connectivity index (χ0) is 16.5. The van der Waals surface area contributed by atoms with Gasteiger partial charge in [0, 0.05) is 36.8 Å². The van der Waals surface area contributed by atoms with E-state index >= 15 is 0 Å². The van der Waals surface area contributed by atoms with Crippen molar-refractivity contribution >= 4 is 29.3 Å². The Kier molecular flexibility index (Phi) is 7.26. The van der Waals surface area contributed by atoms with Gasteiger partial charge in [-0.15, -0.1) is 0 Å². The largest absolute Gasteiger partial charge is 0.376 e. The van der Waals surface area contributed by atoms with Crippen molar-refractivity contribution in [1.29, 1.82) is 0 Å². The van der Waals surface area contributed by atoms with Crippen LogP contribution in [-0.2, 0) is 16.0 Å². The van der Waals surface area contributed by atoms with Crippen molar-refractivity contribution < 1.29 is 9.59 Å². The molecule has 1 saturated heterocycles. The summed E-state index contributed by atoms with van der Waals surface area (Å²) in [6, 6.07) is 7.73. The zero-order valence-corrected chi connectivity index (χ0v) is 14.5. The Morgan fingerprint density at radius 1 is 1.17 bits per heavy atom. The van der Waals surface area contributed by atoms with Gasteiger partial charge in [0.05, 0.1) is 13.0 Å². The second kappa shape index (κ2) is 9.45. The van der Waals surface area contributed by atoms with E-state index in [0.29, 0.717) is 13.0 Å². The maximum Gasteiger partial charge on any atom is 0.239 e. The van der Waals surface area contributed by atoms with Gasteiger partial charge in [-0.3, -0.25) is 9.59 Å². The molecule has 0 atom stereocenters. The number of hydrogen-bond donors (Lipinski definition) is 2. The van der Waals surface area contributed by atoms with Crippen molar-refractivity contribution in [2.24, 2.45) is 0 Å². The fourth-order valence-electron chi connectivity index (χ4n) is 2.35. The van der Waals surface area contributed by atoms with Crippen molar-refractivity contribution in [1.82, 2.24) is 10.2 Å². The number of anilines is 1. The predicted octanol–water partition coefficient (Wildman–Crippen LogP) is 1.74. The number of hydrogen-bond acceptors (Lipinski definition) is 4. The second-order valence-corrected chi connectivity index (χ2v) is 6.80. The van der Waals surface area contributed by atoms with Crippen LogP contribution in [0.25, 0.3) is 0 Å². The molecule has 1 aromatic rings. The van der Waals surface area contributed by atoms with Crippen LogP contribution in [0, 0.1) is 0 Å². The minimum absolute atomic E-state index is 0.00549. The monoisotopic (exact) mass is 335 g/mol. The molecule has 5 nitrogen and oxygen atoms in total. The van der Waals surface area contributed by atoms with Crippen molar-refractivity contribution in [2.45, 2.75) is 19.8 Å². The maximum absolute atomic E-state index is 12.2. The summed E-state index contributed by atoms with van der Waals surface area (Å²) >= 11 is 1.90. The molecular weight excluding hydrogens is 310 g/mol. The second-order valence-electron chi connectivity index (χ2n) is 5.57. The van der Waals surface area contributed by atoms with Gasteiger partial charge in [-0.2, -0.15) is 11.8 Å². The number of carbonyl (C=O) groups is 2. The molecule has 23 heavy (non-hydrogen) atoms. The van der Waals surface area contributed by atoms with E-state index in [-0.39, 0.29) is 18.4 Å². The van der Waals surface area contributed by atoms with Crippen LogP contribution in [0.2, 0.25) is 0 Å². The van der Waals surface area contributed by atoms with Crippen molar-refractivity contribution in [3.63, 3.8) is 0 Å². The van der Waals surface area contributed by atoms with Gasteiger partial charge < -0.3 is 15.5 Å². The standard InChI is InChI=1S/C17H25N3O2S/c1-2-7-18-16(21)13-19-15-5-3-14(4-6-15)12-17(22)20-8-10-23-11-9-20/h3-6,19H,2,7-13H2,1H3,(H,18,21). The molecule has 1 heterocycles. The van der Waals surface area contributed by atoms with Crippen LogP contribution >= 0.6 is 11.8 Å². The first kappa shape index (κ1) is 17.7. The smallest absolute Gasteiger partial charge is 0.239 e. The molecule has 2 amide bonds. The van der Waals surface area contributed by atoms with Gasteiger partial charge >= 0.3 is 0 Å². The Bertz CT molecular complexity index is 513. The highest BCUT2D eigenvalue weighted by Crippen LogP contribution is 2.13. The SMILES string of the molecule is CCCNC(=O)CNc1ccc(CC(=O)N2CCSCC2)cc1. The summed E-state index contributed by atoms with van der Waals surface area (Å²) in [7, 11) is 0. The van der Waals surface area contributed by atoms with E-state index in [1.54, 1.807) is 0 Å². The number of nitrogens with one attached hydrogen (secondary N) is 2. The lowest BCUT2D eigenvalue weighted by molar-refractivity contribution is -0.130. The highest BCUT2D eigenvalue weighted by molar-refractivity contribution is 7.99. The van der Waals surface area contributed by atoms with Crippen molar-refractivity contribution in [2.75, 3.05) is 43.0 Å². The van der Waals surface area contributed by atoms with Crippen LogP contribution in [0.5, 0.6) is 0 Å². The number of amides is 2. The first-order valence-corrected chi connectivity index (χ1v) is 9.29. The van der Waals surface area contributed by atoms with Crippen LogP contribution < -0.4 is 10.6 Å². The number of carbonyl (C=O) groups excluding carboxylic acids is 2. The summed E-state index contributed by atoms with van der Waals surface area (Å²) in [5.41, 5.74) is 1.90. The average molecular weight is 335 g/mol. The Balaban J connectivity index is 1.77. The maximum atomic E-state index is 12.2. The third-order valence-electron chi connectivity index (χ3n) is 3.70. The molecular formula is C17H25N3O2S. The van der Waals surface area contributed by atoms with E-state index in [1.807, 2.05) is 47.9 Å². The molecule has 1 aromatic carbocycles. The molecule has 2 rings (SSSR count). The normalized spacial score (nSPS) is 14.4. The lowest BCUT2D eigenvalue weighted by Crippen LogP contribution is -2.38. The van der Waals surface area contributed by atoms with Gasteiger partial charge in [0.15, 0.2) is 0 Å².